The van der Waals surface area contributed by atoms with E-state index in [4.69, 9.17) is 4.74 Å². The van der Waals surface area contributed by atoms with Crippen molar-refractivity contribution in [2.45, 2.75) is 33.2 Å². The minimum absolute atomic E-state index is 0.0577. The number of esters is 1. The predicted molar refractivity (Wildman–Crippen MR) is 110 cm³/mol. The molecule has 0 radical (unpaired) electrons. The summed E-state index contributed by atoms with van der Waals surface area (Å²) in [5.74, 6) is -0.464. The van der Waals surface area contributed by atoms with E-state index in [1.54, 1.807) is 19.1 Å². The van der Waals surface area contributed by atoms with Crippen molar-refractivity contribution in [2.75, 3.05) is 31.6 Å². The first kappa shape index (κ1) is 20.1. The molecular weight excluding hydrogens is 352 g/mol. The minimum atomic E-state index is -0.407. The van der Waals surface area contributed by atoms with Gasteiger partial charge in [-0.15, -0.1) is 0 Å². The minimum Gasteiger partial charge on any atom is -0.462 e. The van der Waals surface area contributed by atoms with Crippen molar-refractivity contribution in [3.8, 4) is 0 Å². The summed E-state index contributed by atoms with van der Waals surface area (Å²) in [6.45, 7) is 7.23. The molecule has 1 saturated heterocycles. The highest BCUT2D eigenvalue weighted by atomic mass is 16.5. The topological polar surface area (TPSA) is 55.4 Å². The summed E-state index contributed by atoms with van der Waals surface area (Å²) in [5.41, 5.74) is 3.07. The Kier molecular flexibility index (Phi) is 6.47. The number of hydrogen-bond acceptors (Lipinski definition) is 3. The molecular formula is C23H29N2O3+. The van der Waals surface area contributed by atoms with Crippen LogP contribution in [0.25, 0.3) is 0 Å². The standard InChI is InChI=1S/C23H28N2O3/c1-3-28-23(27)20-13-9-10-18(2)22(20)24-21(26)17-25(14-7-8-15-25)16-19-11-5-4-6-12-19/h4-6,9-13H,3,7-8,14-17H2,1-2H3/p+1. The summed E-state index contributed by atoms with van der Waals surface area (Å²) in [6, 6.07) is 15.7. The third-order valence-corrected chi connectivity index (χ3v) is 5.39. The molecule has 5 heteroatoms. The first-order valence-corrected chi connectivity index (χ1v) is 9.98. The highest BCUT2D eigenvalue weighted by Gasteiger charge is 2.35. The molecule has 0 bridgehead atoms. The Bertz CT molecular complexity index is 827. The van der Waals surface area contributed by atoms with Gasteiger partial charge in [-0.05, 0) is 25.5 Å². The maximum absolute atomic E-state index is 13.0. The first-order chi connectivity index (χ1) is 13.5. The van der Waals surface area contributed by atoms with Crippen LogP contribution in [0.3, 0.4) is 0 Å². The van der Waals surface area contributed by atoms with Gasteiger partial charge in [0.1, 0.15) is 6.54 Å². The third-order valence-electron chi connectivity index (χ3n) is 5.39. The average molecular weight is 381 g/mol. The first-order valence-electron chi connectivity index (χ1n) is 9.98. The third kappa shape index (κ3) is 4.78. The van der Waals surface area contributed by atoms with E-state index in [0.29, 0.717) is 24.4 Å². The van der Waals surface area contributed by atoms with E-state index in [9.17, 15) is 9.59 Å². The van der Waals surface area contributed by atoms with Crippen LogP contribution in [0.1, 0.15) is 41.3 Å². The number of quaternary nitrogens is 1. The molecule has 1 fully saturated rings. The lowest BCUT2D eigenvalue weighted by molar-refractivity contribution is -0.922. The number of likely N-dealkylation sites (tertiary alicyclic amines) is 1. The number of benzene rings is 2. The van der Waals surface area contributed by atoms with Crippen LogP contribution in [0, 0.1) is 6.92 Å². The molecule has 0 unspecified atom stereocenters. The zero-order valence-corrected chi connectivity index (χ0v) is 16.7. The number of ether oxygens (including phenoxy) is 1. The second kappa shape index (κ2) is 9.02. The molecule has 2 aromatic carbocycles. The maximum Gasteiger partial charge on any atom is 0.340 e. The zero-order valence-electron chi connectivity index (χ0n) is 16.7. The Balaban J connectivity index is 1.76. The number of hydrogen-bond donors (Lipinski definition) is 1. The summed E-state index contributed by atoms with van der Waals surface area (Å²) in [4.78, 5) is 25.2. The van der Waals surface area contributed by atoms with Gasteiger partial charge >= 0.3 is 5.97 Å². The molecule has 1 aliphatic heterocycles. The summed E-state index contributed by atoms with van der Waals surface area (Å²) in [7, 11) is 0. The molecule has 1 N–H and O–H groups in total. The second-order valence-electron chi connectivity index (χ2n) is 7.56. The van der Waals surface area contributed by atoms with Gasteiger partial charge < -0.3 is 14.5 Å². The van der Waals surface area contributed by atoms with E-state index in [0.717, 1.165) is 42.5 Å². The Morgan fingerprint density at radius 1 is 1.04 bits per heavy atom. The van der Waals surface area contributed by atoms with Crippen molar-refractivity contribution in [2.24, 2.45) is 0 Å². The van der Waals surface area contributed by atoms with E-state index in [-0.39, 0.29) is 5.91 Å². The Labute approximate surface area is 166 Å². The van der Waals surface area contributed by atoms with Gasteiger partial charge in [-0.2, -0.15) is 0 Å². The quantitative estimate of drug-likeness (QED) is 0.584. The monoisotopic (exact) mass is 381 g/mol. The van der Waals surface area contributed by atoms with E-state index in [1.807, 2.05) is 31.2 Å². The van der Waals surface area contributed by atoms with Gasteiger partial charge in [-0.3, -0.25) is 4.79 Å². The van der Waals surface area contributed by atoms with Crippen LogP contribution < -0.4 is 5.32 Å². The molecule has 1 heterocycles. The van der Waals surface area contributed by atoms with Crippen molar-refractivity contribution >= 4 is 17.6 Å². The van der Waals surface area contributed by atoms with Gasteiger partial charge in [-0.25, -0.2) is 4.79 Å². The summed E-state index contributed by atoms with van der Waals surface area (Å²) >= 11 is 0. The summed E-state index contributed by atoms with van der Waals surface area (Å²) in [6.07, 6.45) is 2.27. The number of rotatable bonds is 7. The van der Waals surface area contributed by atoms with Crippen molar-refractivity contribution in [3.63, 3.8) is 0 Å². The summed E-state index contributed by atoms with van der Waals surface area (Å²) < 4.78 is 5.90. The van der Waals surface area contributed by atoms with E-state index in [1.165, 1.54) is 5.56 Å². The predicted octanol–water partition coefficient (Wildman–Crippen LogP) is 3.92. The smallest absolute Gasteiger partial charge is 0.340 e. The molecule has 148 valence electrons. The number of anilines is 1. The van der Waals surface area contributed by atoms with Gasteiger partial charge in [0, 0.05) is 18.4 Å². The molecule has 28 heavy (non-hydrogen) atoms. The van der Waals surface area contributed by atoms with Crippen molar-refractivity contribution in [1.29, 1.82) is 0 Å². The molecule has 0 aromatic heterocycles. The highest BCUT2D eigenvalue weighted by Crippen LogP contribution is 2.25. The number of carbonyl (C=O) groups excluding carboxylic acids is 2. The van der Waals surface area contributed by atoms with E-state index < -0.39 is 5.97 Å². The SMILES string of the molecule is CCOC(=O)c1cccc(C)c1NC(=O)C[N+]1(Cc2ccccc2)CCCC1. The van der Waals surface area contributed by atoms with E-state index in [2.05, 4.69) is 17.4 Å². The lowest BCUT2D eigenvalue weighted by Gasteiger charge is -2.33. The fourth-order valence-electron chi connectivity index (χ4n) is 4.05. The lowest BCUT2D eigenvalue weighted by atomic mass is 10.1. The Morgan fingerprint density at radius 3 is 2.43 bits per heavy atom. The van der Waals surface area contributed by atoms with Crippen molar-refractivity contribution in [3.05, 3.63) is 65.2 Å². The van der Waals surface area contributed by atoms with Gasteiger partial charge in [0.25, 0.3) is 5.91 Å². The molecule has 2 aromatic rings. The molecule has 3 rings (SSSR count). The molecule has 1 amide bonds. The normalized spacial score (nSPS) is 15.2. The lowest BCUT2D eigenvalue weighted by Crippen LogP contribution is -2.49. The van der Waals surface area contributed by atoms with Crippen LogP contribution in [0.15, 0.2) is 48.5 Å². The fourth-order valence-corrected chi connectivity index (χ4v) is 4.05. The molecule has 0 spiro atoms. The number of amides is 1. The van der Waals surface area contributed by atoms with Gasteiger partial charge in [0.05, 0.1) is 30.9 Å². The van der Waals surface area contributed by atoms with Crippen LogP contribution in [-0.4, -0.2) is 42.6 Å². The molecule has 0 atom stereocenters. The average Bonchev–Trinajstić information content (AvgIpc) is 3.12. The fraction of sp³-hybridized carbons (Fsp3) is 0.391. The number of para-hydroxylation sites is 1. The van der Waals surface area contributed by atoms with Crippen LogP contribution in [-0.2, 0) is 16.1 Å². The second-order valence-corrected chi connectivity index (χ2v) is 7.56. The van der Waals surface area contributed by atoms with Crippen molar-refractivity contribution < 1.29 is 18.8 Å². The van der Waals surface area contributed by atoms with Crippen LogP contribution in [0.2, 0.25) is 0 Å². The maximum atomic E-state index is 13.0. The number of nitrogens with zero attached hydrogens (tertiary/aromatic N) is 1. The number of carbonyl (C=O) groups is 2. The molecule has 0 saturated carbocycles. The van der Waals surface area contributed by atoms with Crippen LogP contribution in [0.5, 0.6) is 0 Å². The van der Waals surface area contributed by atoms with Gasteiger partial charge in [-0.1, -0.05) is 42.5 Å². The largest absolute Gasteiger partial charge is 0.462 e. The highest BCUT2D eigenvalue weighted by molar-refractivity contribution is 6.02. The van der Waals surface area contributed by atoms with Gasteiger partial charge in [0.15, 0.2) is 6.54 Å². The van der Waals surface area contributed by atoms with Gasteiger partial charge in [0.2, 0.25) is 0 Å². The van der Waals surface area contributed by atoms with Crippen LogP contribution in [0.4, 0.5) is 5.69 Å². The zero-order chi connectivity index (χ0) is 20.0. The molecule has 5 nitrogen and oxygen atoms in total. The molecule has 1 aliphatic rings. The van der Waals surface area contributed by atoms with Crippen LogP contribution >= 0.6 is 0 Å². The number of aryl methyl sites for hydroxylation is 1. The van der Waals surface area contributed by atoms with Crippen molar-refractivity contribution in [1.82, 2.24) is 0 Å². The number of nitrogens with one attached hydrogen (secondary N) is 1. The van der Waals surface area contributed by atoms with E-state index >= 15 is 0 Å². The Morgan fingerprint density at radius 2 is 1.75 bits per heavy atom. The Hall–Kier alpha value is -2.66. The summed E-state index contributed by atoms with van der Waals surface area (Å²) in [5, 5.41) is 3.00. The molecule has 0 aliphatic carbocycles.